The number of hydrogen-bond acceptors (Lipinski definition) is 2. The van der Waals surface area contributed by atoms with Crippen molar-refractivity contribution in [2.45, 2.75) is 0 Å². The van der Waals surface area contributed by atoms with Gasteiger partial charge in [0.25, 0.3) is 0 Å². The van der Waals surface area contributed by atoms with E-state index in [4.69, 9.17) is 0 Å². The minimum absolute atomic E-state index is 1.08. The van der Waals surface area contributed by atoms with E-state index in [0.29, 0.717) is 0 Å². The molecule has 0 aliphatic rings. The monoisotopic (exact) mass is 918 g/mol. The molecule has 0 bridgehead atoms. The molecule has 0 N–H and O–H groups in total. The van der Waals surface area contributed by atoms with Gasteiger partial charge in [0, 0.05) is 33.8 Å². The van der Waals surface area contributed by atoms with Gasteiger partial charge in [-0.2, -0.15) is 0 Å². The van der Waals surface area contributed by atoms with E-state index in [1.165, 1.54) is 66.4 Å². The highest BCUT2D eigenvalue weighted by molar-refractivity contribution is 6.00. The van der Waals surface area contributed by atoms with Crippen LogP contribution >= 0.6 is 0 Å². The summed E-state index contributed by atoms with van der Waals surface area (Å²) >= 11 is 0. The highest BCUT2D eigenvalue weighted by atomic mass is 15.1. The van der Waals surface area contributed by atoms with E-state index < -0.39 is 0 Å². The molecule has 0 amide bonds. The lowest BCUT2D eigenvalue weighted by Gasteiger charge is -2.28. The molecule has 340 valence electrons. The molecule has 0 atom stereocenters. The van der Waals surface area contributed by atoms with Gasteiger partial charge in [-0.05, 0) is 145 Å². The Morgan fingerprint density at radius 1 is 0.167 bits per heavy atom. The van der Waals surface area contributed by atoms with Gasteiger partial charge in [-0.25, -0.2) is 0 Å². The van der Waals surface area contributed by atoms with Gasteiger partial charge >= 0.3 is 0 Å². The Labute approximate surface area is 422 Å². The normalized spacial score (nSPS) is 11.1. The summed E-state index contributed by atoms with van der Waals surface area (Å²) in [6.45, 7) is 0. The van der Waals surface area contributed by atoms with E-state index in [1.807, 2.05) is 0 Å². The van der Waals surface area contributed by atoms with Crippen molar-refractivity contribution < 1.29 is 0 Å². The Bertz CT molecular complexity index is 3660. The van der Waals surface area contributed by atoms with Crippen molar-refractivity contribution in [2.24, 2.45) is 0 Å². The molecule has 0 radical (unpaired) electrons. The third-order valence-corrected chi connectivity index (χ3v) is 13.7. The van der Waals surface area contributed by atoms with Gasteiger partial charge in [-0.1, -0.05) is 231 Å². The molecule has 72 heavy (non-hydrogen) atoms. The lowest BCUT2D eigenvalue weighted by atomic mass is 9.96. The van der Waals surface area contributed by atoms with Crippen molar-refractivity contribution in [3.05, 3.63) is 303 Å². The molecule has 0 saturated carbocycles. The Kier molecular flexibility index (Phi) is 12.1. The lowest BCUT2D eigenvalue weighted by Crippen LogP contribution is -2.11. The number of fused-ring (bicyclic) bond motifs is 1. The zero-order chi connectivity index (χ0) is 48.1. The molecular weight excluding hydrogens is 869 g/mol. The second-order valence-electron chi connectivity index (χ2n) is 18.2. The van der Waals surface area contributed by atoms with E-state index in [1.54, 1.807) is 0 Å². The van der Waals surface area contributed by atoms with Crippen molar-refractivity contribution in [2.75, 3.05) is 9.80 Å². The first kappa shape index (κ1) is 43.8. The molecule has 0 heterocycles. The van der Waals surface area contributed by atoms with Gasteiger partial charge in [-0.3, -0.25) is 0 Å². The van der Waals surface area contributed by atoms with Crippen LogP contribution in [0, 0.1) is 0 Å². The van der Waals surface area contributed by atoms with Crippen LogP contribution in [0.3, 0.4) is 0 Å². The third-order valence-electron chi connectivity index (χ3n) is 13.7. The maximum Gasteiger partial charge on any atom is 0.0540 e. The molecule has 0 unspecified atom stereocenters. The second-order valence-corrected chi connectivity index (χ2v) is 18.2. The average Bonchev–Trinajstić information content (AvgIpc) is 3.47. The van der Waals surface area contributed by atoms with Crippen molar-refractivity contribution in [3.8, 4) is 66.8 Å². The molecule has 0 aliphatic carbocycles. The standard InChI is InChI=1S/C70H50N2/c1-5-16-51(17-6-1)55-28-30-56(31-29-55)58-34-42-65(43-35-58)71(64-40-32-57(33-41-64)52-18-7-2-8-19-52)66-44-36-59(37-45-66)60-38-46-67(47-39-60)72(70-27-15-25-61-24-13-14-26-69(61)70)68-49-62(53-20-9-3-10-21-53)48-63(50-68)54-22-11-4-12-23-54/h1-50H. The summed E-state index contributed by atoms with van der Waals surface area (Å²) < 4.78 is 0. The maximum absolute atomic E-state index is 2.42. The van der Waals surface area contributed by atoms with E-state index in [-0.39, 0.29) is 0 Å². The number of nitrogens with zero attached hydrogens (tertiary/aromatic N) is 2. The van der Waals surface area contributed by atoms with Crippen LogP contribution in [0.25, 0.3) is 77.5 Å². The highest BCUT2D eigenvalue weighted by Gasteiger charge is 2.19. The molecule has 0 spiro atoms. The van der Waals surface area contributed by atoms with Crippen LogP contribution in [0.4, 0.5) is 34.1 Å². The lowest BCUT2D eigenvalue weighted by molar-refractivity contribution is 1.28. The third kappa shape index (κ3) is 9.09. The summed E-state index contributed by atoms with van der Waals surface area (Å²) in [6.07, 6.45) is 0. The Balaban J connectivity index is 0.894. The Morgan fingerprint density at radius 3 is 0.819 bits per heavy atom. The minimum Gasteiger partial charge on any atom is -0.311 e. The van der Waals surface area contributed by atoms with Crippen LogP contribution in [0.15, 0.2) is 303 Å². The molecule has 0 aromatic heterocycles. The summed E-state index contributed by atoms with van der Waals surface area (Å²) in [4.78, 5) is 4.76. The summed E-state index contributed by atoms with van der Waals surface area (Å²) in [7, 11) is 0. The molecule has 12 rings (SSSR count). The van der Waals surface area contributed by atoms with Gasteiger partial charge in [0.2, 0.25) is 0 Å². The average molecular weight is 919 g/mol. The first-order valence-corrected chi connectivity index (χ1v) is 24.6. The van der Waals surface area contributed by atoms with E-state index in [2.05, 4.69) is 313 Å². The van der Waals surface area contributed by atoms with Crippen LogP contribution in [-0.4, -0.2) is 0 Å². The van der Waals surface area contributed by atoms with E-state index >= 15 is 0 Å². The predicted octanol–water partition coefficient (Wildman–Crippen LogP) is 19.8. The Morgan fingerprint density at radius 2 is 0.444 bits per heavy atom. The first-order chi connectivity index (χ1) is 35.7. The number of benzene rings is 12. The smallest absolute Gasteiger partial charge is 0.0540 e. The zero-order valence-corrected chi connectivity index (χ0v) is 39.8. The number of hydrogen-bond donors (Lipinski definition) is 0. The number of anilines is 6. The van der Waals surface area contributed by atoms with Crippen LogP contribution in [0.2, 0.25) is 0 Å². The topological polar surface area (TPSA) is 6.48 Å². The summed E-state index contributed by atoms with van der Waals surface area (Å²) in [5.41, 5.74) is 20.7. The van der Waals surface area contributed by atoms with E-state index in [0.717, 1.165) is 45.3 Å². The SMILES string of the molecule is c1ccc(-c2ccc(-c3ccc(N(c4ccc(-c5ccccc5)cc4)c4ccc(-c5ccc(N(c6cc(-c7ccccc7)cc(-c7ccccc7)c6)c6cccc7ccccc67)cc5)cc4)cc3)cc2)cc1. The van der Waals surface area contributed by atoms with Crippen LogP contribution in [0.1, 0.15) is 0 Å². The number of rotatable bonds is 12. The minimum atomic E-state index is 1.08. The molecule has 12 aromatic carbocycles. The van der Waals surface area contributed by atoms with Gasteiger partial charge in [0.05, 0.1) is 5.69 Å². The van der Waals surface area contributed by atoms with Crippen molar-refractivity contribution in [1.29, 1.82) is 0 Å². The van der Waals surface area contributed by atoms with Crippen molar-refractivity contribution >= 4 is 44.9 Å². The fraction of sp³-hybridized carbons (Fsp3) is 0. The summed E-state index contributed by atoms with van der Waals surface area (Å²) in [5.74, 6) is 0. The maximum atomic E-state index is 2.42. The highest BCUT2D eigenvalue weighted by Crippen LogP contribution is 2.44. The Hall–Kier alpha value is -9.50. The molecule has 12 aromatic rings. The van der Waals surface area contributed by atoms with E-state index in [9.17, 15) is 0 Å². The summed E-state index contributed by atoms with van der Waals surface area (Å²) in [5, 5.41) is 2.39. The fourth-order valence-electron chi connectivity index (χ4n) is 9.94. The molecule has 2 nitrogen and oxygen atoms in total. The van der Waals surface area contributed by atoms with Crippen molar-refractivity contribution in [1.82, 2.24) is 0 Å². The van der Waals surface area contributed by atoms with Crippen LogP contribution < -0.4 is 9.80 Å². The fourth-order valence-corrected chi connectivity index (χ4v) is 9.94. The summed E-state index contributed by atoms with van der Waals surface area (Å²) in [6, 6.07) is 109. The van der Waals surface area contributed by atoms with Gasteiger partial charge < -0.3 is 9.80 Å². The molecule has 0 aliphatic heterocycles. The molecular formula is C70H50N2. The van der Waals surface area contributed by atoms with Crippen LogP contribution in [0.5, 0.6) is 0 Å². The largest absolute Gasteiger partial charge is 0.311 e. The first-order valence-electron chi connectivity index (χ1n) is 24.6. The molecule has 0 saturated heterocycles. The second kappa shape index (κ2) is 19.8. The predicted molar refractivity (Wildman–Crippen MR) is 306 cm³/mol. The zero-order valence-electron chi connectivity index (χ0n) is 39.8. The van der Waals surface area contributed by atoms with Crippen LogP contribution in [-0.2, 0) is 0 Å². The van der Waals surface area contributed by atoms with Gasteiger partial charge in [0.1, 0.15) is 0 Å². The van der Waals surface area contributed by atoms with Crippen molar-refractivity contribution in [3.63, 3.8) is 0 Å². The van der Waals surface area contributed by atoms with Gasteiger partial charge in [0.15, 0.2) is 0 Å². The molecule has 2 heteroatoms. The van der Waals surface area contributed by atoms with Gasteiger partial charge in [-0.15, -0.1) is 0 Å². The molecule has 0 fully saturated rings. The quantitative estimate of drug-likeness (QED) is 0.120.